The van der Waals surface area contributed by atoms with Crippen molar-refractivity contribution >= 4 is 0 Å². The molecule has 1 aromatic heterocycles. The molecule has 0 aliphatic rings. The number of ether oxygens (including phenoxy) is 1. The molecule has 19 heavy (non-hydrogen) atoms. The van der Waals surface area contributed by atoms with Crippen LogP contribution in [0.4, 0.5) is 0 Å². The lowest BCUT2D eigenvalue weighted by atomic mass is 10.3. The van der Waals surface area contributed by atoms with Crippen molar-refractivity contribution in [2.24, 2.45) is 0 Å². The van der Waals surface area contributed by atoms with Crippen LogP contribution in [0.2, 0.25) is 0 Å². The first-order chi connectivity index (χ1) is 9.15. The van der Waals surface area contributed by atoms with Crippen LogP contribution in [-0.2, 0) is 6.54 Å². The van der Waals surface area contributed by atoms with E-state index in [1.54, 1.807) is 12.1 Å². The van der Waals surface area contributed by atoms with Crippen molar-refractivity contribution < 1.29 is 9.84 Å². The van der Waals surface area contributed by atoms with Gasteiger partial charge in [-0.15, -0.1) is 0 Å². The molecule has 6 nitrogen and oxygen atoms in total. The van der Waals surface area contributed by atoms with Crippen LogP contribution in [0.25, 0.3) is 0 Å². The lowest BCUT2D eigenvalue weighted by Gasteiger charge is -2.13. The maximum atomic E-state index is 11.4. The van der Waals surface area contributed by atoms with Crippen molar-refractivity contribution in [2.75, 3.05) is 6.61 Å². The summed E-state index contributed by atoms with van der Waals surface area (Å²) in [5, 5.41) is 9.78. The van der Waals surface area contributed by atoms with Gasteiger partial charge >= 0.3 is 5.69 Å². The van der Waals surface area contributed by atoms with Crippen molar-refractivity contribution in [1.29, 1.82) is 0 Å². The van der Waals surface area contributed by atoms with E-state index in [0.29, 0.717) is 5.75 Å². The number of benzene rings is 1. The molecular weight excluding hydrogens is 248 g/mol. The van der Waals surface area contributed by atoms with Gasteiger partial charge in [0.1, 0.15) is 18.5 Å². The molecule has 0 spiro atoms. The predicted molar refractivity (Wildman–Crippen MR) is 69.3 cm³/mol. The first-order valence-corrected chi connectivity index (χ1v) is 5.81. The number of hydrogen-bond donors (Lipinski definition) is 2. The molecule has 0 saturated heterocycles. The summed E-state index contributed by atoms with van der Waals surface area (Å²) in [6.07, 6.45) is 0.496. The summed E-state index contributed by atoms with van der Waals surface area (Å²) in [7, 11) is 0. The summed E-state index contributed by atoms with van der Waals surface area (Å²) in [4.78, 5) is 24.4. The number of aromatic nitrogens is 2. The molecule has 1 heterocycles. The van der Waals surface area contributed by atoms with Gasteiger partial charge in [0.2, 0.25) is 0 Å². The van der Waals surface area contributed by atoms with E-state index in [2.05, 4.69) is 4.98 Å². The van der Waals surface area contributed by atoms with Crippen LogP contribution in [0.15, 0.2) is 52.2 Å². The Hall–Kier alpha value is -2.34. The van der Waals surface area contributed by atoms with Gasteiger partial charge in [0.15, 0.2) is 0 Å². The fraction of sp³-hybridized carbons (Fsp3) is 0.231. The van der Waals surface area contributed by atoms with E-state index in [0.717, 1.165) is 0 Å². The lowest BCUT2D eigenvalue weighted by Crippen LogP contribution is -2.34. The van der Waals surface area contributed by atoms with Crippen LogP contribution in [0.3, 0.4) is 0 Å². The molecule has 1 atom stereocenters. The number of nitrogens with one attached hydrogen (secondary N) is 1. The Kier molecular flexibility index (Phi) is 4.15. The van der Waals surface area contributed by atoms with Crippen LogP contribution >= 0.6 is 0 Å². The summed E-state index contributed by atoms with van der Waals surface area (Å²) < 4.78 is 6.59. The molecule has 0 radical (unpaired) electrons. The summed E-state index contributed by atoms with van der Waals surface area (Å²) in [5.74, 6) is 0.648. The first kappa shape index (κ1) is 13.1. The Morgan fingerprint density at radius 2 is 1.95 bits per heavy atom. The molecule has 0 amide bonds. The molecule has 0 saturated carbocycles. The topological polar surface area (TPSA) is 84.3 Å². The zero-order valence-corrected chi connectivity index (χ0v) is 10.2. The summed E-state index contributed by atoms with van der Waals surface area (Å²) >= 11 is 0. The molecule has 0 aliphatic heterocycles. The number of hydrogen-bond acceptors (Lipinski definition) is 4. The van der Waals surface area contributed by atoms with Crippen molar-refractivity contribution in [3.63, 3.8) is 0 Å². The van der Waals surface area contributed by atoms with E-state index < -0.39 is 17.4 Å². The molecule has 1 aromatic carbocycles. The van der Waals surface area contributed by atoms with E-state index in [-0.39, 0.29) is 13.2 Å². The van der Waals surface area contributed by atoms with E-state index >= 15 is 0 Å². The predicted octanol–water partition coefficient (Wildman–Crippen LogP) is -0.0235. The van der Waals surface area contributed by atoms with Gasteiger partial charge in [0.05, 0.1) is 6.54 Å². The first-order valence-electron chi connectivity index (χ1n) is 5.81. The van der Waals surface area contributed by atoms with E-state index in [1.807, 2.05) is 18.2 Å². The molecule has 0 bridgehead atoms. The molecule has 0 unspecified atom stereocenters. The quantitative estimate of drug-likeness (QED) is 0.793. The van der Waals surface area contributed by atoms with Gasteiger partial charge in [0.25, 0.3) is 5.56 Å². The Morgan fingerprint density at radius 1 is 1.21 bits per heavy atom. The third-order valence-electron chi connectivity index (χ3n) is 2.49. The summed E-state index contributed by atoms with van der Waals surface area (Å²) in [6.45, 7) is 0.123. The number of rotatable bonds is 5. The standard InChI is InChI=1S/C13H14N2O4/c16-10(9-19-11-4-2-1-3-5-11)8-15-7-6-12(17)14-13(15)18/h1-7,10,16H,8-9H2,(H,14,17,18)/t10-/m1/s1. The fourth-order valence-electron chi connectivity index (χ4n) is 1.58. The molecule has 0 fully saturated rings. The van der Waals surface area contributed by atoms with E-state index in [9.17, 15) is 14.7 Å². The highest BCUT2D eigenvalue weighted by Crippen LogP contribution is 2.08. The molecule has 2 N–H and O–H groups in total. The molecule has 6 heteroatoms. The van der Waals surface area contributed by atoms with Gasteiger partial charge in [-0.2, -0.15) is 0 Å². The highest BCUT2D eigenvalue weighted by Gasteiger charge is 2.07. The molecule has 2 aromatic rings. The normalized spacial score (nSPS) is 12.1. The van der Waals surface area contributed by atoms with Crippen molar-refractivity contribution in [1.82, 2.24) is 9.55 Å². The maximum absolute atomic E-state index is 11.4. The molecule has 0 aliphatic carbocycles. The fourth-order valence-corrected chi connectivity index (χ4v) is 1.58. The number of aliphatic hydroxyl groups excluding tert-OH is 1. The second kappa shape index (κ2) is 6.01. The maximum Gasteiger partial charge on any atom is 0.328 e. The third kappa shape index (κ3) is 3.82. The zero-order valence-electron chi connectivity index (χ0n) is 10.2. The zero-order chi connectivity index (χ0) is 13.7. The van der Waals surface area contributed by atoms with Gasteiger partial charge in [-0.3, -0.25) is 14.3 Å². The van der Waals surface area contributed by atoms with Crippen LogP contribution in [-0.4, -0.2) is 27.4 Å². The Morgan fingerprint density at radius 3 is 2.63 bits per heavy atom. The third-order valence-corrected chi connectivity index (χ3v) is 2.49. The van der Waals surface area contributed by atoms with Crippen LogP contribution in [0.5, 0.6) is 5.75 Å². The van der Waals surface area contributed by atoms with Crippen molar-refractivity contribution in [3.8, 4) is 5.75 Å². The SMILES string of the molecule is O=c1ccn(C[C@@H](O)COc2ccccc2)c(=O)[nH]1. The van der Waals surface area contributed by atoms with Gasteiger partial charge in [-0.05, 0) is 12.1 Å². The van der Waals surface area contributed by atoms with Crippen molar-refractivity contribution in [2.45, 2.75) is 12.6 Å². The second-order valence-corrected chi connectivity index (χ2v) is 4.04. The average Bonchev–Trinajstić information content (AvgIpc) is 2.41. The largest absolute Gasteiger partial charge is 0.491 e. The number of para-hydroxylation sites is 1. The second-order valence-electron chi connectivity index (χ2n) is 4.04. The Labute approximate surface area is 108 Å². The number of aliphatic hydroxyl groups is 1. The molecular formula is C13H14N2O4. The van der Waals surface area contributed by atoms with Gasteiger partial charge in [-0.1, -0.05) is 18.2 Å². The van der Waals surface area contributed by atoms with Crippen molar-refractivity contribution in [3.05, 3.63) is 63.4 Å². The monoisotopic (exact) mass is 262 g/mol. The smallest absolute Gasteiger partial charge is 0.328 e. The number of aromatic amines is 1. The van der Waals surface area contributed by atoms with Crippen LogP contribution in [0, 0.1) is 0 Å². The van der Waals surface area contributed by atoms with Crippen LogP contribution < -0.4 is 16.0 Å². The van der Waals surface area contributed by atoms with Crippen LogP contribution in [0.1, 0.15) is 0 Å². The average molecular weight is 262 g/mol. The van der Waals surface area contributed by atoms with Gasteiger partial charge < -0.3 is 9.84 Å². The Bertz CT molecular complexity index is 633. The summed E-state index contributed by atoms with van der Waals surface area (Å²) in [5.41, 5.74) is -1.01. The van der Waals surface area contributed by atoms with E-state index in [1.165, 1.54) is 16.8 Å². The minimum Gasteiger partial charge on any atom is -0.491 e. The highest BCUT2D eigenvalue weighted by atomic mass is 16.5. The minimum atomic E-state index is -0.844. The lowest BCUT2D eigenvalue weighted by molar-refractivity contribution is 0.0912. The molecule has 100 valence electrons. The molecule has 2 rings (SSSR count). The number of H-pyrrole nitrogens is 1. The van der Waals surface area contributed by atoms with Gasteiger partial charge in [0, 0.05) is 12.3 Å². The van der Waals surface area contributed by atoms with Gasteiger partial charge in [-0.25, -0.2) is 4.79 Å². The number of nitrogens with zero attached hydrogens (tertiary/aromatic N) is 1. The highest BCUT2D eigenvalue weighted by molar-refractivity contribution is 5.20. The van der Waals surface area contributed by atoms with E-state index in [4.69, 9.17) is 4.74 Å². The minimum absolute atomic E-state index is 0.0580. The Balaban J connectivity index is 1.92. The summed E-state index contributed by atoms with van der Waals surface area (Å²) in [6, 6.07) is 10.3.